The van der Waals surface area contributed by atoms with E-state index in [2.05, 4.69) is 16.4 Å². The fraction of sp³-hybridized carbons (Fsp3) is 0.105. The van der Waals surface area contributed by atoms with Crippen LogP contribution in [0, 0.1) is 11.3 Å². The number of nitrogens with one attached hydrogen (secondary N) is 1. The highest BCUT2D eigenvalue weighted by Gasteiger charge is 2.08. The summed E-state index contributed by atoms with van der Waals surface area (Å²) in [6.07, 6.45) is 3.23. The molecule has 2 aromatic carbocycles. The Morgan fingerprint density at radius 1 is 1.25 bits per heavy atom. The first kappa shape index (κ1) is 15.9. The quantitative estimate of drug-likeness (QED) is 0.732. The molecule has 1 unspecified atom stereocenters. The molecule has 118 valence electrons. The molecular weight excluding hydrogens is 318 g/mol. The Kier molecular flexibility index (Phi) is 4.69. The molecule has 1 heterocycles. The molecule has 0 fully saturated rings. The van der Waals surface area contributed by atoms with Crippen molar-refractivity contribution in [1.29, 1.82) is 5.26 Å². The summed E-state index contributed by atoms with van der Waals surface area (Å²) in [6.45, 7) is 1.91. The van der Waals surface area contributed by atoms with Gasteiger partial charge in [0, 0.05) is 6.08 Å². The van der Waals surface area contributed by atoms with Crippen molar-refractivity contribution in [3.05, 3.63) is 70.7 Å². The van der Waals surface area contributed by atoms with E-state index in [1.54, 1.807) is 29.5 Å². The number of thiazole rings is 1. The van der Waals surface area contributed by atoms with Crippen molar-refractivity contribution in [2.45, 2.75) is 13.0 Å². The highest BCUT2D eigenvalue weighted by Crippen LogP contribution is 2.22. The molecule has 0 saturated carbocycles. The second-order valence-electron chi connectivity index (χ2n) is 5.32. The van der Waals surface area contributed by atoms with Crippen molar-refractivity contribution < 1.29 is 4.79 Å². The first-order valence-corrected chi connectivity index (χ1v) is 8.31. The maximum atomic E-state index is 12.1. The van der Waals surface area contributed by atoms with Gasteiger partial charge >= 0.3 is 0 Å². The van der Waals surface area contributed by atoms with E-state index < -0.39 is 0 Å². The summed E-state index contributed by atoms with van der Waals surface area (Å²) in [5.41, 5.74) is 2.50. The van der Waals surface area contributed by atoms with Crippen LogP contribution in [0.3, 0.4) is 0 Å². The number of nitrogens with zero attached hydrogens (tertiary/aromatic N) is 2. The Balaban J connectivity index is 1.64. The molecule has 3 aromatic rings. The lowest BCUT2D eigenvalue weighted by Gasteiger charge is -2.12. The number of carbonyl (C=O) groups excluding carboxylic acids is 1. The third-order valence-corrected chi connectivity index (χ3v) is 4.59. The summed E-state index contributed by atoms with van der Waals surface area (Å²) in [7, 11) is 0. The number of hydrogen-bond acceptors (Lipinski definition) is 4. The van der Waals surface area contributed by atoms with Crippen LogP contribution in [-0.4, -0.2) is 10.9 Å². The Labute approximate surface area is 144 Å². The van der Waals surface area contributed by atoms with Crippen LogP contribution in [0.5, 0.6) is 0 Å². The average molecular weight is 333 g/mol. The fourth-order valence-corrected chi connectivity index (χ4v) is 3.17. The van der Waals surface area contributed by atoms with Crippen LogP contribution in [0.1, 0.15) is 29.1 Å². The number of rotatable bonds is 4. The highest BCUT2D eigenvalue weighted by molar-refractivity contribution is 7.19. The lowest BCUT2D eigenvalue weighted by molar-refractivity contribution is -0.117. The molecule has 0 aliphatic rings. The molecule has 5 heteroatoms. The molecule has 0 radical (unpaired) electrons. The van der Waals surface area contributed by atoms with Gasteiger partial charge in [0.15, 0.2) is 0 Å². The summed E-state index contributed by atoms with van der Waals surface area (Å²) < 4.78 is 1.10. The molecule has 0 saturated heterocycles. The van der Waals surface area contributed by atoms with Crippen molar-refractivity contribution in [3.63, 3.8) is 0 Å². The average Bonchev–Trinajstić information content (AvgIpc) is 3.03. The van der Waals surface area contributed by atoms with E-state index in [0.717, 1.165) is 20.8 Å². The van der Waals surface area contributed by atoms with Gasteiger partial charge in [0.05, 0.1) is 27.9 Å². The summed E-state index contributed by atoms with van der Waals surface area (Å²) in [6, 6.07) is 17.0. The van der Waals surface area contributed by atoms with Gasteiger partial charge in [0.25, 0.3) is 0 Å². The Morgan fingerprint density at radius 2 is 2.00 bits per heavy atom. The molecule has 1 N–H and O–H groups in total. The number of amides is 1. The molecule has 3 rings (SSSR count). The van der Waals surface area contributed by atoms with Crippen molar-refractivity contribution in [3.8, 4) is 6.07 Å². The first-order valence-electron chi connectivity index (χ1n) is 7.50. The SMILES string of the molecule is CC(NC(=O)/C=C/c1nc2ccccc2s1)c1ccc(C#N)cc1. The standard InChI is InChI=1S/C19H15N3OS/c1-13(15-8-6-14(12-20)7-9-15)21-18(23)10-11-19-22-16-4-2-3-5-17(16)24-19/h2-11,13H,1H3,(H,21,23)/b11-10+. The molecule has 0 spiro atoms. The number of nitriles is 1. The zero-order valence-electron chi connectivity index (χ0n) is 13.1. The smallest absolute Gasteiger partial charge is 0.244 e. The van der Waals surface area contributed by atoms with E-state index in [4.69, 9.17) is 5.26 Å². The van der Waals surface area contributed by atoms with Crippen molar-refractivity contribution in [2.24, 2.45) is 0 Å². The summed E-state index contributed by atoms with van der Waals surface area (Å²) in [4.78, 5) is 16.5. The third kappa shape index (κ3) is 3.67. The van der Waals surface area contributed by atoms with Crippen molar-refractivity contribution in [2.75, 3.05) is 0 Å². The van der Waals surface area contributed by atoms with Crippen LogP contribution in [0.4, 0.5) is 0 Å². The molecule has 1 aromatic heterocycles. The number of aromatic nitrogens is 1. The minimum Gasteiger partial charge on any atom is -0.346 e. The second kappa shape index (κ2) is 7.07. The molecule has 0 aliphatic carbocycles. The normalized spacial score (nSPS) is 12.2. The van der Waals surface area contributed by atoms with Gasteiger partial charge in [-0.3, -0.25) is 4.79 Å². The van der Waals surface area contributed by atoms with E-state index in [9.17, 15) is 4.79 Å². The van der Waals surface area contributed by atoms with Gasteiger partial charge < -0.3 is 5.32 Å². The highest BCUT2D eigenvalue weighted by atomic mass is 32.1. The van der Waals surface area contributed by atoms with Crippen molar-refractivity contribution >= 4 is 33.5 Å². The summed E-state index contributed by atoms with van der Waals surface area (Å²) in [5, 5.41) is 12.5. The molecule has 1 atom stereocenters. The third-order valence-electron chi connectivity index (χ3n) is 3.59. The maximum absolute atomic E-state index is 12.1. The van der Waals surface area contributed by atoms with E-state index in [-0.39, 0.29) is 11.9 Å². The predicted octanol–water partition coefficient (Wildman–Crippen LogP) is 4.06. The van der Waals surface area contributed by atoms with Gasteiger partial charge in [-0.2, -0.15) is 5.26 Å². The van der Waals surface area contributed by atoms with Crippen LogP contribution < -0.4 is 5.32 Å². The number of fused-ring (bicyclic) bond motifs is 1. The van der Waals surface area contributed by atoms with Gasteiger partial charge in [0.2, 0.25) is 5.91 Å². The molecule has 24 heavy (non-hydrogen) atoms. The first-order chi connectivity index (χ1) is 11.7. The van der Waals surface area contributed by atoms with Gasteiger partial charge in [-0.25, -0.2) is 4.98 Å². The minimum absolute atomic E-state index is 0.134. The monoisotopic (exact) mass is 333 g/mol. The van der Waals surface area contributed by atoms with E-state index in [0.29, 0.717) is 5.56 Å². The van der Waals surface area contributed by atoms with Crippen LogP contribution in [0.15, 0.2) is 54.6 Å². The molecular formula is C19H15N3OS. The lowest BCUT2D eigenvalue weighted by Crippen LogP contribution is -2.24. The number of carbonyl (C=O) groups is 1. The van der Waals surface area contributed by atoms with E-state index >= 15 is 0 Å². The largest absolute Gasteiger partial charge is 0.346 e. The predicted molar refractivity (Wildman–Crippen MR) is 96.4 cm³/mol. The lowest BCUT2D eigenvalue weighted by atomic mass is 10.1. The van der Waals surface area contributed by atoms with Gasteiger partial charge in [-0.05, 0) is 42.8 Å². The van der Waals surface area contributed by atoms with E-state index in [1.807, 2.05) is 43.3 Å². The maximum Gasteiger partial charge on any atom is 0.244 e. The summed E-state index contributed by atoms with van der Waals surface area (Å²) >= 11 is 1.55. The molecule has 1 amide bonds. The summed E-state index contributed by atoms with van der Waals surface area (Å²) in [5.74, 6) is -0.175. The zero-order chi connectivity index (χ0) is 16.9. The van der Waals surface area contributed by atoms with Crippen LogP contribution in [-0.2, 0) is 4.79 Å². The molecule has 4 nitrogen and oxygen atoms in total. The second-order valence-corrected chi connectivity index (χ2v) is 6.38. The Bertz CT molecular complexity index is 902. The minimum atomic E-state index is -0.175. The van der Waals surface area contributed by atoms with Crippen molar-refractivity contribution in [1.82, 2.24) is 10.3 Å². The topological polar surface area (TPSA) is 65.8 Å². The number of benzene rings is 2. The molecule has 0 bridgehead atoms. The van der Waals surface area contributed by atoms with Crippen LogP contribution in [0.2, 0.25) is 0 Å². The van der Waals surface area contributed by atoms with Gasteiger partial charge in [-0.15, -0.1) is 11.3 Å². The van der Waals surface area contributed by atoms with Gasteiger partial charge in [0.1, 0.15) is 5.01 Å². The van der Waals surface area contributed by atoms with E-state index in [1.165, 1.54) is 6.08 Å². The Hall–Kier alpha value is -2.97. The fourth-order valence-electron chi connectivity index (χ4n) is 2.30. The zero-order valence-corrected chi connectivity index (χ0v) is 13.9. The number of para-hydroxylation sites is 1. The van der Waals surface area contributed by atoms with Crippen LogP contribution >= 0.6 is 11.3 Å². The molecule has 0 aliphatic heterocycles. The van der Waals surface area contributed by atoms with Crippen LogP contribution in [0.25, 0.3) is 16.3 Å². The number of hydrogen-bond donors (Lipinski definition) is 1. The van der Waals surface area contributed by atoms with Gasteiger partial charge in [-0.1, -0.05) is 24.3 Å². The Morgan fingerprint density at radius 3 is 2.71 bits per heavy atom.